The zero-order chi connectivity index (χ0) is 43.0. The number of hydrogen-bond donors (Lipinski definition) is 0. The summed E-state index contributed by atoms with van der Waals surface area (Å²) >= 11 is 0. The second kappa shape index (κ2) is 48.6. The van der Waals surface area contributed by atoms with Crippen LogP contribution in [0.3, 0.4) is 0 Å². The van der Waals surface area contributed by atoms with E-state index in [1.165, 1.54) is 173 Å². The highest BCUT2D eigenvalue weighted by Crippen LogP contribution is 2.15. The molecule has 59 heavy (non-hydrogen) atoms. The highest BCUT2D eigenvalue weighted by molar-refractivity contribution is 5.71. The molecule has 6 nitrogen and oxygen atoms in total. The molecule has 0 amide bonds. The first-order valence-corrected chi connectivity index (χ1v) is 25.8. The zero-order valence-electron chi connectivity index (χ0n) is 39.5. The molecule has 0 radical (unpaired) electrons. The van der Waals surface area contributed by atoms with Gasteiger partial charge in [-0.25, -0.2) is 0 Å². The first kappa shape index (κ1) is 56.9. The Kier molecular flexibility index (Phi) is 46.8. The van der Waals surface area contributed by atoms with Crippen molar-refractivity contribution in [1.29, 1.82) is 0 Å². The number of esters is 3. The molecule has 0 bridgehead atoms. The van der Waals surface area contributed by atoms with Crippen molar-refractivity contribution >= 4 is 17.9 Å². The predicted molar refractivity (Wildman–Crippen MR) is 252 cm³/mol. The monoisotopic (exact) mass is 831 g/mol. The summed E-state index contributed by atoms with van der Waals surface area (Å²) in [5.74, 6) is -0.881. The van der Waals surface area contributed by atoms with Crippen molar-refractivity contribution in [1.82, 2.24) is 0 Å². The van der Waals surface area contributed by atoms with Crippen molar-refractivity contribution in [3.05, 3.63) is 24.3 Å². The number of allylic oxidation sites excluding steroid dienone is 4. The summed E-state index contributed by atoms with van der Waals surface area (Å²) in [6.07, 6.45) is 54.7. The summed E-state index contributed by atoms with van der Waals surface area (Å²) in [6.45, 7) is 6.59. The van der Waals surface area contributed by atoms with E-state index in [9.17, 15) is 14.4 Å². The van der Waals surface area contributed by atoms with Crippen LogP contribution in [0, 0.1) is 0 Å². The Morgan fingerprint density at radius 1 is 0.322 bits per heavy atom. The number of ether oxygens (including phenoxy) is 3. The fraction of sp³-hybridized carbons (Fsp3) is 0.868. The molecule has 6 heteroatoms. The second-order valence-electron chi connectivity index (χ2n) is 17.4. The maximum Gasteiger partial charge on any atom is 0.306 e. The lowest BCUT2D eigenvalue weighted by molar-refractivity contribution is -0.167. The average molecular weight is 831 g/mol. The minimum Gasteiger partial charge on any atom is -0.462 e. The van der Waals surface area contributed by atoms with Gasteiger partial charge in [-0.15, -0.1) is 0 Å². The SMILES string of the molecule is CCCCCC/C=C\CCCCCCCC(=O)OC(COC(=O)CCCCCCCCC)COC(=O)CCCCCCCCCCC/C=C\CCCCCCCCCC. The van der Waals surface area contributed by atoms with Gasteiger partial charge in [-0.1, -0.05) is 212 Å². The molecule has 0 saturated heterocycles. The van der Waals surface area contributed by atoms with Crippen molar-refractivity contribution in [2.75, 3.05) is 13.2 Å². The summed E-state index contributed by atoms with van der Waals surface area (Å²) in [5.41, 5.74) is 0. The van der Waals surface area contributed by atoms with E-state index in [1.807, 2.05) is 0 Å². The van der Waals surface area contributed by atoms with E-state index in [2.05, 4.69) is 45.1 Å². The third-order valence-electron chi connectivity index (χ3n) is 11.4. The Hall–Kier alpha value is -2.11. The van der Waals surface area contributed by atoms with Gasteiger partial charge in [-0.05, 0) is 70.6 Å². The fourth-order valence-electron chi connectivity index (χ4n) is 7.49. The van der Waals surface area contributed by atoms with Crippen molar-refractivity contribution in [3.63, 3.8) is 0 Å². The van der Waals surface area contributed by atoms with E-state index in [4.69, 9.17) is 14.2 Å². The van der Waals surface area contributed by atoms with Gasteiger partial charge in [0.15, 0.2) is 6.10 Å². The van der Waals surface area contributed by atoms with Crippen LogP contribution in [0.1, 0.15) is 278 Å². The molecule has 0 aromatic rings. The smallest absolute Gasteiger partial charge is 0.306 e. The fourth-order valence-corrected chi connectivity index (χ4v) is 7.49. The van der Waals surface area contributed by atoms with Crippen LogP contribution in [-0.4, -0.2) is 37.2 Å². The Morgan fingerprint density at radius 2 is 0.559 bits per heavy atom. The topological polar surface area (TPSA) is 78.9 Å². The van der Waals surface area contributed by atoms with Crippen LogP contribution < -0.4 is 0 Å². The average Bonchev–Trinajstić information content (AvgIpc) is 3.23. The van der Waals surface area contributed by atoms with E-state index in [-0.39, 0.29) is 31.1 Å². The van der Waals surface area contributed by atoms with Crippen LogP contribution in [0.5, 0.6) is 0 Å². The van der Waals surface area contributed by atoms with E-state index in [1.54, 1.807) is 0 Å². The van der Waals surface area contributed by atoms with Crippen LogP contribution in [0.25, 0.3) is 0 Å². The molecule has 0 aliphatic heterocycles. The number of hydrogen-bond acceptors (Lipinski definition) is 6. The van der Waals surface area contributed by atoms with Crippen LogP contribution in [-0.2, 0) is 28.6 Å². The lowest BCUT2D eigenvalue weighted by Gasteiger charge is -2.18. The molecule has 0 aromatic carbocycles. The Bertz CT molecular complexity index is 958. The second-order valence-corrected chi connectivity index (χ2v) is 17.4. The normalized spacial score (nSPS) is 12.1. The van der Waals surface area contributed by atoms with Crippen LogP contribution >= 0.6 is 0 Å². The summed E-state index contributed by atoms with van der Waals surface area (Å²) in [4.78, 5) is 37.7. The van der Waals surface area contributed by atoms with E-state index >= 15 is 0 Å². The molecule has 0 aromatic heterocycles. The molecule has 0 spiro atoms. The molecular formula is C53H98O6. The largest absolute Gasteiger partial charge is 0.462 e. The minimum absolute atomic E-state index is 0.0729. The Labute approximate surface area is 366 Å². The highest BCUT2D eigenvalue weighted by Gasteiger charge is 2.19. The lowest BCUT2D eigenvalue weighted by atomic mass is 10.1. The number of rotatable bonds is 47. The molecule has 0 heterocycles. The van der Waals surface area contributed by atoms with Gasteiger partial charge in [0.05, 0.1) is 0 Å². The molecule has 0 aliphatic carbocycles. The van der Waals surface area contributed by atoms with Crippen molar-refractivity contribution in [3.8, 4) is 0 Å². The van der Waals surface area contributed by atoms with Gasteiger partial charge in [0, 0.05) is 19.3 Å². The number of unbranched alkanes of at least 4 members (excludes halogenated alkanes) is 32. The van der Waals surface area contributed by atoms with Crippen molar-refractivity contribution in [2.45, 2.75) is 284 Å². The number of carbonyl (C=O) groups is 3. The quantitative estimate of drug-likeness (QED) is 0.0263. The molecule has 0 aliphatic rings. The van der Waals surface area contributed by atoms with E-state index in [0.717, 1.165) is 64.2 Å². The lowest BCUT2D eigenvalue weighted by Crippen LogP contribution is -2.30. The van der Waals surface area contributed by atoms with Gasteiger partial charge in [0.25, 0.3) is 0 Å². The van der Waals surface area contributed by atoms with Gasteiger partial charge in [0.1, 0.15) is 13.2 Å². The molecule has 0 rings (SSSR count). The molecule has 0 saturated carbocycles. The van der Waals surface area contributed by atoms with Gasteiger partial charge < -0.3 is 14.2 Å². The third kappa shape index (κ3) is 46.8. The van der Waals surface area contributed by atoms with Gasteiger partial charge in [-0.3, -0.25) is 14.4 Å². The van der Waals surface area contributed by atoms with Crippen LogP contribution in [0.15, 0.2) is 24.3 Å². The van der Waals surface area contributed by atoms with Gasteiger partial charge in [0.2, 0.25) is 0 Å². The summed E-state index contributed by atoms with van der Waals surface area (Å²) in [6, 6.07) is 0. The molecular weight excluding hydrogens is 733 g/mol. The standard InChI is InChI=1S/C53H98O6/c1-4-7-10-13-16-18-20-22-23-24-25-26-27-28-29-31-32-34-37-40-43-46-52(55)58-49-50(48-57-51(54)45-42-39-36-15-12-9-6-3)59-53(56)47-44-41-38-35-33-30-21-19-17-14-11-8-5-2/h19,21,24-25,50H,4-18,20,22-23,26-49H2,1-3H3/b21-19-,25-24-. The molecule has 346 valence electrons. The predicted octanol–water partition coefficient (Wildman–Crippen LogP) is 16.8. The first-order chi connectivity index (χ1) is 29.0. The molecule has 0 N–H and O–H groups in total. The van der Waals surface area contributed by atoms with Crippen LogP contribution in [0.2, 0.25) is 0 Å². The zero-order valence-corrected chi connectivity index (χ0v) is 39.5. The maximum absolute atomic E-state index is 12.7. The van der Waals surface area contributed by atoms with E-state index in [0.29, 0.717) is 19.3 Å². The highest BCUT2D eigenvalue weighted by atomic mass is 16.6. The van der Waals surface area contributed by atoms with Crippen molar-refractivity contribution < 1.29 is 28.6 Å². The molecule has 0 fully saturated rings. The number of carbonyl (C=O) groups excluding carboxylic acids is 3. The Balaban J connectivity index is 4.18. The Morgan fingerprint density at radius 3 is 0.864 bits per heavy atom. The van der Waals surface area contributed by atoms with Crippen LogP contribution in [0.4, 0.5) is 0 Å². The summed E-state index contributed by atoms with van der Waals surface area (Å²) in [5, 5.41) is 0. The van der Waals surface area contributed by atoms with E-state index < -0.39 is 6.10 Å². The third-order valence-corrected chi connectivity index (χ3v) is 11.4. The summed E-state index contributed by atoms with van der Waals surface area (Å²) in [7, 11) is 0. The van der Waals surface area contributed by atoms with Gasteiger partial charge in [-0.2, -0.15) is 0 Å². The first-order valence-electron chi connectivity index (χ1n) is 25.8. The molecule has 1 unspecified atom stereocenters. The summed E-state index contributed by atoms with van der Waals surface area (Å²) < 4.78 is 16.7. The maximum atomic E-state index is 12.7. The molecule has 1 atom stereocenters. The minimum atomic E-state index is -0.769. The van der Waals surface area contributed by atoms with Gasteiger partial charge >= 0.3 is 17.9 Å². The van der Waals surface area contributed by atoms with Crippen molar-refractivity contribution in [2.24, 2.45) is 0 Å².